The van der Waals surface area contributed by atoms with Gasteiger partial charge in [0.1, 0.15) is 17.3 Å². The largest absolute Gasteiger partial charge is 0.481 e. The number of carbonyl (C=O) groups is 2. The Morgan fingerprint density at radius 2 is 1.81 bits per heavy atom. The molecule has 0 aromatic heterocycles. The lowest BCUT2D eigenvalue weighted by Gasteiger charge is -2.44. The van der Waals surface area contributed by atoms with Gasteiger partial charge in [0.2, 0.25) is 5.91 Å². The van der Waals surface area contributed by atoms with Crippen molar-refractivity contribution in [3.63, 3.8) is 0 Å². The molecule has 0 saturated carbocycles. The highest BCUT2D eigenvalue weighted by Gasteiger charge is 2.39. The van der Waals surface area contributed by atoms with E-state index in [0.717, 1.165) is 11.3 Å². The van der Waals surface area contributed by atoms with Crippen LogP contribution in [0.25, 0.3) is 0 Å². The first-order valence-corrected chi connectivity index (χ1v) is 12.6. The van der Waals surface area contributed by atoms with Gasteiger partial charge in [0.05, 0.1) is 12.6 Å². The lowest BCUT2D eigenvalue weighted by molar-refractivity contribution is -0.137. The number of hydrogen-bond acceptors (Lipinski definition) is 4. The van der Waals surface area contributed by atoms with E-state index in [1.54, 1.807) is 16.8 Å². The number of piperazine rings is 1. The molecule has 1 N–H and O–H groups in total. The average molecular weight is 518 g/mol. The van der Waals surface area contributed by atoms with Gasteiger partial charge in [0.15, 0.2) is 0 Å². The third kappa shape index (κ3) is 5.92. The van der Waals surface area contributed by atoms with Gasteiger partial charge in [-0.05, 0) is 74.6 Å². The fourth-order valence-electron chi connectivity index (χ4n) is 5.38. The molecule has 2 aromatic carbocycles. The number of benzene rings is 2. The number of nitrogens with zero attached hydrogens (tertiary/aromatic N) is 3. The predicted octanol–water partition coefficient (Wildman–Crippen LogP) is 4.34. The quantitative estimate of drug-likeness (QED) is 0.592. The van der Waals surface area contributed by atoms with E-state index in [1.807, 2.05) is 30.0 Å². The van der Waals surface area contributed by atoms with Crippen LogP contribution in [-0.4, -0.2) is 71.7 Å². The molecule has 2 atom stereocenters. The van der Waals surface area contributed by atoms with Crippen molar-refractivity contribution in [1.82, 2.24) is 9.80 Å². The summed E-state index contributed by atoms with van der Waals surface area (Å²) in [4.78, 5) is 28.7. The maximum atomic E-state index is 15.5. The lowest BCUT2D eigenvalue weighted by atomic mass is 9.83. The molecule has 37 heavy (non-hydrogen) atoms. The van der Waals surface area contributed by atoms with Crippen molar-refractivity contribution in [3.05, 3.63) is 64.2 Å². The molecule has 200 valence electrons. The summed E-state index contributed by atoms with van der Waals surface area (Å²) in [6.45, 7) is 6.35. The first-order valence-electron chi connectivity index (χ1n) is 12.6. The second-order valence-electron chi connectivity index (χ2n) is 10.8. The summed E-state index contributed by atoms with van der Waals surface area (Å²) in [6.07, 6.45) is 0.341. The van der Waals surface area contributed by atoms with E-state index >= 15 is 8.78 Å². The minimum Gasteiger partial charge on any atom is -0.481 e. The average Bonchev–Trinajstić information content (AvgIpc) is 2.79. The molecule has 2 aliphatic heterocycles. The maximum absolute atomic E-state index is 15.5. The van der Waals surface area contributed by atoms with Crippen molar-refractivity contribution >= 4 is 17.6 Å². The molecule has 2 aromatic rings. The van der Waals surface area contributed by atoms with Crippen LogP contribution in [0.4, 0.5) is 18.9 Å². The Hall–Kier alpha value is -3.07. The van der Waals surface area contributed by atoms with Crippen molar-refractivity contribution in [3.8, 4) is 0 Å². The molecule has 1 fully saturated rings. The topological polar surface area (TPSA) is 64.1 Å². The molecule has 1 saturated heterocycles. The number of carboxylic acid groups (broad SMARTS) is 1. The highest BCUT2D eigenvalue weighted by atomic mass is 19.1. The second kappa shape index (κ2) is 10.4. The van der Waals surface area contributed by atoms with Crippen LogP contribution in [0.5, 0.6) is 0 Å². The van der Waals surface area contributed by atoms with Gasteiger partial charge in [-0.1, -0.05) is 6.07 Å². The zero-order valence-corrected chi connectivity index (χ0v) is 21.7. The minimum atomic E-state index is -1.60. The van der Waals surface area contributed by atoms with Gasteiger partial charge in [-0.25, -0.2) is 13.2 Å². The second-order valence-corrected chi connectivity index (χ2v) is 10.8. The van der Waals surface area contributed by atoms with Gasteiger partial charge in [-0.3, -0.25) is 14.5 Å². The van der Waals surface area contributed by atoms with Gasteiger partial charge in [0.25, 0.3) is 0 Å². The molecule has 0 spiro atoms. The number of alkyl halides is 1. The van der Waals surface area contributed by atoms with E-state index in [-0.39, 0.29) is 49.0 Å². The molecular weight excluding hydrogens is 483 g/mol. The number of fused-ring (bicyclic) bond motifs is 1. The van der Waals surface area contributed by atoms with Crippen LogP contribution in [0.1, 0.15) is 55.5 Å². The van der Waals surface area contributed by atoms with Gasteiger partial charge in [0, 0.05) is 50.4 Å². The summed E-state index contributed by atoms with van der Waals surface area (Å²) in [5.74, 6) is -2.57. The van der Waals surface area contributed by atoms with E-state index in [1.165, 1.54) is 26.0 Å². The summed E-state index contributed by atoms with van der Waals surface area (Å²) in [7, 11) is 1.77. The Morgan fingerprint density at radius 3 is 2.41 bits per heavy atom. The monoisotopic (exact) mass is 517 g/mol. The number of rotatable bonds is 7. The smallest absolute Gasteiger partial charge is 0.303 e. The zero-order valence-electron chi connectivity index (χ0n) is 21.7. The number of amides is 1. The number of likely N-dealkylation sites (N-methyl/N-ethyl adjacent to an activating group) is 1. The van der Waals surface area contributed by atoms with Crippen LogP contribution >= 0.6 is 0 Å². The number of halogens is 3. The van der Waals surface area contributed by atoms with E-state index in [9.17, 15) is 14.0 Å². The molecule has 2 aliphatic rings. The van der Waals surface area contributed by atoms with E-state index in [4.69, 9.17) is 5.11 Å². The van der Waals surface area contributed by atoms with Crippen LogP contribution in [0.15, 0.2) is 30.3 Å². The van der Waals surface area contributed by atoms with Gasteiger partial charge >= 0.3 is 5.97 Å². The SMILES string of the molecule is CC1Cc2cc(N3CCN(C)C(=O)C3)ccc2C(c2c(F)cc(CCC(=O)O)cc2F)N1CC(C)(C)F. The number of hydrogen-bond donors (Lipinski definition) is 1. The molecule has 2 heterocycles. The van der Waals surface area contributed by atoms with Crippen LogP contribution in [0, 0.1) is 11.6 Å². The minimum absolute atomic E-state index is 0.00936. The summed E-state index contributed by atoms with van der Waals surface area (Å²) in [5, 5.41) is 8.94. The van der Waals surface area contributed by atoms with Gasteiger partial charge in [-0.2, -0.15) is 0 Å². The molecule has 0 aliphatic carbocycles. The van der Waals surface area contributed by atoms with Crippen molar-refractivity contribution in [2.75, 3.05) is 38.1 Å². The van der Waals surface area contributed by atoms with E-state index < -0.39 is 29.3 Å². The standard InChI is InChI=1S/C28H34F3N3O3/c1-17-11-19-14-20(33-10-9-32(4)24(35)15-33)6-7-21(19)27(34(17)16-28(2,3)31)26-22(29)12-18(13-23(26)30)5-8-25(36)37/h6-7,12-14,17,27H,5,8-11,15-16H2,1-4H3,(H,36,37). The number of aliphatic carboxylic acids is 1. The molecule has 9 heteroatoms. The fraction of sp³-hybridized carbons (Fsp3) is 0.500. The van der Waals surface area contributed by atoms with Gasteiger partial charge in [-0.15, -0.1) is 0 Å². The highest BCUT2D eigenvalue weighted by Crippen LogP contribution is 2.42. The van der Waals surface area contributed by atoms with Crippen LogP contribution in [0.3, 0.4) is 0 Å². The Bertz CT molecular complexity index is 1170. The molecule has 0 radical (unpaired) electrons. The van der Waals surface area contributed by atoms with E-state index in [2.05, 4.69) is 0 Å². The highest BCUT2D eigenvalue weighted by molar-refractivity contribution is 5.82. The van der Waals surface area contributed by atoms with Crippen LogP contribution in [-0.2, 0) is 22.4 Å². The third-order valence-corrected chi connectivity index (χ3v) is 7.26. The first-order chi connectivity index (χ1) is 17.3. The predicted molar refractivity (Wildman–Crippen MR) is 136 cm³/mol. The number of anilines is 1. The van der Waals surface area contributed by atoms with Gasteiger partial charge < -0.3 is 14.9 Å². The maximum Gasteiger partial charge on any atom is 0.303 e. The van der Waals surface area contributed by atoms with Crippen molar-refractivity contribution < 1.29 is 27.9 Å². The Kier molecular flexibility index (Phi) is 7.55. The molecular formula is C28H34F3N3O3. The molecule has 2 unspecified atom stereocenters. The summed E-state index contributed by atoms with van der Waals surface area (Å²) in [6, 6.07) is 6.97. The summed E-state index contributed by atoms with van der Waals surface area (Å²) in [5.41, 5.74) is 0.968. The van der Waals surface area contributed by atoms with E-state index in [0.29, 0.717) is 25.1 Å². The number of carbonyl (C=O) groups excluding carboxylic acids is 1. The Morgan fingerprint density at radius 1 is 1.14 bits per heavy atom. The first kappa shape index (κ1) is 27.0. The van der Waals surface area contributed by atoms with Crippen molar-refractivity contribution in [2.45, 2.75) is 57.8 Å². The molecule has 6 nitrogen and oxygen atoms in total. The summed E-state index contributed by atoms with van der Waals surface area (Å²) >= 11 is 0. The normalized spacial score (nSPS) is 20.8. The molecule has 0 bridgehead atoms. The number of carboxylic acids is 1. The Balaban J connectivity index is 1.77. The summed E-state index contributed by atoms with van der Waals surface area (Å²) < 4.78 is 46.0. The van der Waals surface area contributed by atoms with Crippen molar-refractivity contribution in [2.24, 2.45) is 0 Å². The lowest BCUT2D eigenvalue weighted by Crippen LogP contribution is -2.49. The third-order valence-electron chi connectivity index (χ3n) is 7.26. The van der Waals surface area contributed by atoms with Crippen LogP contribution in [0.2, 0.25) is 0 Å². The molecule has 1 amide bonds. The molecule has 4 rings (SSSR count). The number of aryl methyl sites for hydroxylation is 1. The Labute approximate surface area is 215 Å². The zero-order chi connectivity index (χ0) is 27.1. The van der Waals surface area contributed by atoms with Crippen molar-refractivity contribution in [1.29, 1.82) is 0 Å². The van der Waals surface area contributed by atoms with Crippen LogP contribution < -0.4 is 4.90 Å². The fourth-order valence-corrected chi connectivity index (χ4v) is 5.38.